The number of ether oxygens (including phenoxy) is 1. The number of halogens is 5. The quantitative estimate of drug-likeness (QED) is 0.376. The molecule has 0 unspecified atom stereocenters. The average Bonchev–Trinajstić information content (AvgIpc) is 3.05. The van der Waals surface area contributed by atoms with Crippen LogP contribution < -0.4 is 5.32 Å². The van der Waals surface area contributed by atoms with Crippen LogP contribution in [0.25, 0.3) is 5.69 Å². The molecule has 0 radical (unpaired) electrons. The predicted octanol–water partition coefficient (Wildman–Crippen LogP) is 5.65. The number of nitrogens with one attached hydrogen (secondary N) is 1. The van der Waals surface area contributed by atoms with Crippen molar-refractivity contribution in [2.24, 2.45) is 0 Å². The van der Waals surface area contributed by atoms with Gasteiger partial charge in [0.25, 0.3) is 0 Å². The van der Waals surface area contributed by atoms with Crippen LogP contribution in [-0.4, -0.2) is 23.1 Å². The maximum absolute atomic E-state index is 13.8. The zero-order valence-electron chi connectivity index (χ0n) is 16.7. The molecular weight excluding hydrogens is 452 g/mol. The van der Waals surface area contributed by atoms with Gasteiger partial charge in [-0.05, 0) is 48.9 Å². The largest absolute Gasteiger partial charge is 0.461 e. The van der Waals surface area contributed by atoms with Gasteiger partial charge in [-0.25, -0.2) is 9.18 Å². The van der Waals surface area contributed by atoms with Gasteiger partial charge in [0.2, 0.25) is 5.91 Å². The first-order valence-corrected chi connectivity index (χ1v) is 9.79. The minimum absolute atomic E-state index is 0.0112. The Balaban J connectivity index is 1.98. The molecule has 1 N–H and O–H groups in total. The van der Waals surface area contributed by atoms with Gasteiger partial charge in [-0.1, -0.05) is 29.8 Å². The molecule has 0 aliphatic carbocycles. The summed E-state index contributed by atoms with van der Waals surface area (Å²) in [5, 5.41) is 2.45. The summed E-state index contributed by atoms with van der Waals surface area (Å²) in [5.41, 5.74) is -0.773. The molecule has 0 saturated carbocycles. The molecule has 1 heterocycles. The number of hydrogen-bond acceptors (Lipinski definition) is 3. The van der Waals surface area contributed by atoms with Crippen molar-refractivity contribution < 1.29 is 31.9 Å². The lowest BCUT2D eigenvalue weighted by molar-refractivity contribution is -0.137. The van der Waals surface area contributed by atoms with Gasteiger partial charge in [-0.3, -0.25) is 9.36 Å². The van der Waals surface area contributed by atoms with Crippen molar-refractivity contribution in [1.29, 1.82) is 0 Å². The monoisotopic (exact) mass is 468 g/mol. The maximum atomic E-state index is 13.8. The summed E-state index contributed by atoms with van der Waals surface area (Å²) in [5.74, 6) is -2.03. The first kappa shape index (κ1) is 23.3. The van der Waals surface area contributed by atoms with Gasteiger partial charge in [-0.15, -0.1) is 0 Å². The molecule has 3 rings (SSSR count). The molecule has 168 valence electrons. The molecule has 0 saturated heterocycles. The SMILES string of the molecule is CCOC(=O)c1c(NC(=O)Cc2ccccc2F)cc(Cl)n1-c1ccc(C(F)(F)F)cc1. The highest BCUT2D eigenvalue weighted by molar-refractivity contribution is 6.31. The Morgan fingerprint density at radius 1 is 1.09 bits per heavy atom. The van der Waals surface area contributed by atoms with E-state index in [9.17, 15) is 27.2 Å². The molecule has 10 heteroatoms. The Labute approximate surface area is 185 Å². The Kier molecular flexibility index (Phi) is 6.88. The lowest BCUT2D eigenvalue weighted by Gasteiger charge is -2.13. The van der Waals surface area contributed by atoms with Crippen molar-refractivity contribution in [2.75, 3.05) is 11.9 Å². The Morgan fingerprint density at radius 2 is 1.75 bits per heavy atom. The highest BCUT2D eigenvalue weighted by Crippen LogP contribution is 2.33. The van der Waals surface area contributed by atoms with Gasteiger partial charge in [0.15, 0.2) is 5.69 Å². The maximum Gasteiger partial charge on any atom is 0.416 e. The third-order valence-corrected chi connectivity index (χ3v) is 4.74. The molecule has 1 aromatic heterocycles. The molecule has 0 aliphatic heterocycles. The molecule has 1 amide bonds. The minimum Gasteiger partial charge on any atom is -0.461 e. The van der Waals surface area contributed by atoms with Gasteiger partial charge < -0.3 is 10.1 Å². The molecule has 0 aliphatic rings. The van der Waals surface area contributed by atoms with E-state index in [1.807, 2.05) is 0 Å². The van der Waals surface area contributed by atoms with E-state index in [0.717, 1.165) is 24.3 Å². The second-order valence-corrected chi connectivity index (χ2v) is 7.03. The Morgan fingerprint density at radius 3 is 2.34 bits per heavy atom. The topological polar surface area (TPSA) is 60.3 Å². The Bertz CT molecular complexity index is 1140. The summed E-state index contributed by atoms with van der Waals surface area (Å²) in [6.45, 7) is 1.58. The molecule has 3 aromatic rings. The number of carbonyl (C=O) groups is 2. The van der Waals surface area contributed by atoms with Crippen LogP contribution in [0.4, 0.5) is 23.2 Å². The van der Waals surface area contributed by atoms with E-state index in [4.69, 9.17) is 16.3 Å². The lowest BCUT2D eigenvalue weighted by Crippen LogP contribution is -2.19. The summed E-state index contributed by atoms with van der Waals surface area (Å²) in [7, 11) is 0. The van der Waals surface area contributed by atoms with Crippen molar-refractivity contribution in [1.82, 2.24) is 4.57 Å². The third-order valence-electron chi connectivity index (χ3n) is 4.46. The second kappa shape index (κ2) is 9.44. The molecule has 32 heavy (non-hydrogen) atoms. The van der Waals surface area contributed by atoms with E-state index < -0.39 is 29.4 Å². The van der Waals surface area contributed by atoms with E-state index >= 15 is 0 Å². The number of hydrogen-bond donors (Lipinski definition) is 1. The van der Waals surface area contributed by atoms with Crippen LogP contribution in [0.3, 0.4) is 0 Å². The number of alkyl halides is 3. The fraction of sp³-hybridized carbons (Fsp3) is 0.182. The summed E-state index contributed by atoms with van der Waals surface area (Å²) in [6, 6.07) is 11.0. The lowest BCUT2D eigenvalue weighted by atomic mass is 10.1. The van der Waals surface area contributed by atoms with Crippen LogP contribution in [0.2, 0.25) is 5.15 Å². The molecule has 0 bridgehead atoms. The predicted molar refractivity (Wildman–Crippen MR) is 110 cm³/mol. The van der Waals surface area contributed by atoms with Crippen LogP contribution in [0.15, 0.2) is 54.6 Å². The van der Waals surface area contributed by atoms with Gasteiger partial charge >= 0.3 is 12.1 Å². The van der Waals surface area contributed by atoms with Crippen LogP contribution in [0.5, 0.6) is 0 Å². The van der Waals surface area contributed by atoms with Crippen molar-refractivity contribution in [2.45, 2.75) is 19.5 Å². The molecule has 0 spiro atoms. The van der Waals surface area contributed by atoms with E-state index in [0.29, 0.717) is 0 Å². The van der Waals surface area contributed by atoms with Gasteiger partial charge in [-0.2, -0.15) is 13.2 Å². The standard InChI is InChI=1S/C22H17ClF4N2O3/c1-2-32-21(31)20-17(28-19(30)11-13-5-3-4-6-16(13)24)12-18(23)29(20)15-9-7-14(8-10-15)22(25,26)27/h3-10,12H,2,11H2,1H3,(H,28,30). The zero-order valence-corrected chi connectivity index (χ0v) is 17.4. The zero-order chi connectivity index (χ0) is 23.5. The van der Waals surface area contributed by atoms with Crippen molar-refractivity contribution in [3.63, 3.8) is 0 Å². The van der Waals surface area contributed by atoms with E-state index in [2.05, 4.69) is 5.32 Å². The van der Waals surface area contributed by atoms with E-state index in [-0.39, 0.29) is 40.8 Å². The summed E-state index contributed by atoms with van der Waals surface area (Å²) in [4.78, 5) is 25.1. The molecule has 5 nitrogen and oxygen atoms in total. The fourth-order valence-corrected chi connectivity index (χ4v) is 3.33. The number of rotatable bonds is 6. The first-order chi connectivity index (χ1) is 15.1. The average molecular weight is 469 g/mol. The summed E-state index contributed by atoms with van der Waals surface area (Å²) in [6.07, 6.45) is -4.84. The van der Waals surface area contributed by atoms with E-state index in [1.54, 1.807) is 13.0 Å². The second-order valence-electron chi connectivity index (χ2n) is 6.65. The summed E-state index contributed by atoms with van der Waals surface area (Å²) < 4.78 is 58.7. The van der Waals surface area contributed by atoms with Crippen LogP contribution in [-0.2, 0) is 22.1 Å². The number of carbonyl (C=O) groups excluding carboxylic acids is 2. The van der Waals surface area contributed by atoms with Gasteiger partial charge in [0, 0.05) is 5.69 Å². The number of nitrogens with zero attached hydrogens (tertiary/aromatic N) is 1. The van der Waals surface area contributed by atoms with Crippen molar-refractivity contribution in [3.05, 3.63) is 82.4 Å². The van der Waals surface area contributed by atoms with Crippen molar-refractivity contribution in [3.8, 4) is 5.69 Å². The van der Waals surface area contributed by atoms with Gasteiger partial charge in [0.05, 0.1) is 24.3 Å². The summed E-state index contributed by atoms with van der Waals surface area (Å²) >= 11 is 6.25. The Hall–Kier alpha value is -3.33. The van der Waals surface area contributed by atoms with Crippen LogP contribution >= 0.6 is 11.6 Å². The van der Waals surface area contributed by atoms with Crippen molar-refractivity contribution >= 4 is 29.2 Å². The number of benzene rings is 2. The van der Waals surface area contributed by atoms with Gasteiger partial charge in [0.1, 0.15) is 11.0 Å². The highest BCUT2D eigenvalue weighted by atomic mass is 35.5. The first-order valence-electron chi connectivity index (χ1n) is 9.41. The highest BCUT2D eigenvalue weighted by Gasteiger charge is 2.31. The van der Waals surface area contributed by atoms with Crippen LogP contribution in [0, 0.1) is 5.82 Å². The molecule has 0 atom stereocenters. The number of amides is 1. The molecule has 0 fully saturated rings. The van der Waals surface area contributed by atoms with E-state index in [1.165, 1.54) is 28.8 Å². The molecular formula is C22H17ClF4N2O3. The number of anilines is 1. The number of esters is 1. The van der Waals surface area contributed by atoms with Crippen LogP contribution in [0.1, 0.15) is 28.5 Å². The minimum atomic E-state index is -4.53. The number of aromatic nitrogens is 1. The normalized spacial score (nSPS) is 11.3. The fourth-order valence-electron chi connectivity index (χ4n) is 3.04. The smallest absolute Gasteiger partial charge is 0.416 e. The molecule has 2 aromatic carbocycles. The third kappa shape index (κ3) is 5.11.